The van der Waals surface area contributed by atoms with Crippen LogP contribution >= 0.6 is 0 Å². The molecule has 0 bridgehead atoms. The molecule has 0 spiro atoms. The number of carbonyl (C=O) groups is 2. The summed E-state index contributed by atoms with van der Waals surface area (Å²) in [4.78, 5) is 31.1. The van der Waals surface area contributed by atoms with Gasteiger partial charge in [-0.2, -0.15) is 4.99 Å². The Balaban J connectivity index is 1.76. The summed E-state index contributed by atoms with van der Waals surface area (Å²) in [6, 6.07) is 7.64. The summed E-state index contributed by atoms with van der Waals surface area (Å²) in [6.45, 7) is 5.66. The van der Waals surface area contributed by atoms with E-state index in [1.54, 1.807) is 18.9 Å². The fraction of sp³-hybridized carbons (Fsp3) is 0.381. The number of nitrogens with one attached hydrogen (secondary N) is 1. The van der Waals surface area contributed by atoms with Crippen molar-refractivity contribution in [3.8, 4) is 5.75 Å². The molecule has 142 valence electrons. The van der Waals surface area contributed by atoms with E-state index in [4.69, 9.17) is 4.74 Å². The molecular formula is C21H25N3O3. The first-order valence-corrected chi connectivity index (χ1v) is 9.03. The number of rotatable bonds is 5. The number of hydrogen-bond acceptors (Lipinski definition) is 4. The van der Waals surface area contributed by atoms with Crippen molar-refractivity contribution in [3.63, 3.8) is 0 Å². The molecule has 2 unspecified atom stereocenters. The van der Waals surface area contributed by atoms with E-state index in [0.717, 1.165) is 16.9 Å². The van der Waals surface area contributed by atoms with Crippen LogP contribution in [0.25, 0.3) is 0 Å². The zero-order valence-corrected chi connectivity index (χ0v) is 16.2. The molecule has 0 fully saturated rings. The minimum atomic E-state index is -1.00. The number of para-hydroxylation sites is 1. The number of benzene rings is 1. The van der Waals surface area contributed by atoms with Crippen molar-refractivity contribution in [2.24, 2.45) is 4.99 Å². The lowest BCUT2D eigenvalue weighted by Crippen LogP contribution is -2.61. The largest absolute Gasteiger partial charge is 0.496 e. The molecule has 2 aliphatic heterocycles. The van der Waals surface area contributed by atoms with Gasteiger partial charge in [0.05, 0.1) is 13.5 Å². The molecule has 0 radical (unpaired) electrons. The molecular weight excluding hydrogens is 342 g/mol. The number of aliphatic imine (C=N–C) groups is 1. The highest BCUT2D eigenvalue weighted by atomic mass is 16.5. The van der Waals surface area contributed by atoms with E-state index < -0.39 is 5.54 Å². The summed E-state index contributed by atoms with van der Waals surface area (Å²) >= 11 is 0. The highest BCUT2D eigenvalue weighted by molar-refractivity contribution is 6.09. The molecule has 2 heterocycles. The molecule has 0 saturated carbocycles. The van der Waals surface area contributed by atoms with Crippen molar-refractivity contribution in [2.45, 2.75) is 45.2 Å². The summed E-state index contributed by atoms with van der Waals surface area (Å²) in [7, 11) is 1.63. The van der Waals surface area contributed by atoms with E-state index in [2.05, 4.69) is 10.3 Å². The molecule has 2 amide bonds. The lowest BCUT2D eigenvalue weighted by molar-refractivity contribution is -0.135. The number of amides is 2. The zero-order chi connectivity index (χ0) is 19.6. The molecule has 0 aromatic heterocycles. The predicted octanol–water partition coefficient (Wildman–Crippen LogP) is 2.61. The third-order valence-corrected chi connectivity index (χ3v) is 4.94. The maximum Gasteiger partial charge on any atom is 0.250 e. The second-order valence-corrected chi connectivity index (χ2v) is 7.28. The Labute approximate surface area is 159 Å². The van der Waals surface area contributed by atoms with Crippen LogP contribution < -0.4 is 10.1 Å². The minimum Gasteiger partial charge on any atom is -0.496 e. The average Bonchev–Trinajstić information content (AvgIpc) is 2.61. The van der Waals surface area contributed by atoms with Crippen molar-refractivity contribution in [3.05, 3.63) is 53.8 Å². The van der Waals surface area contributed by atoms with Gasteiger partial charge in [-0.25, -0.2) is 0 Å². The standard InChI is InChI=1S/C21H25N3O3/c1-14-9-10-24-18(11-14)23-19(25)13-21(24,3)20(26)22-15(2)12-16-7-5-6-8-17(16)27-4/h5-11,15H,12-13H2,1-4H3,(H,22,26). The van der Waals surface area contributed by atoms with Gasteiger partial charge >= 0.3 is 0 Å². The van der Waals surface area contributed by atoms with E-state index in [-0.39, 0.29) is 24.3 Å². The molecule has 6 nitrogen and oxygen atoms in total. The van der Waals surface area contributed by atoms with Gasteiger partial charge in [0.2, 0.25) is 5.91 Å². The van der Waals surface area contributed by atoms with Crippen molar-refractivity contribution in [1.29, 1.82) is 0 Å². The molecule has 1 N–H and O–H groups in total. The number of ether oxygens (including phenoxy) is 1. The number of fused-ring (bicyclic) bond motifs is 1. The number of nitrogens with zero attached hydrogens (tertiary/aromatic N) is 2. The number of carbonyl (C=O) groups excluding carboxylic acids is 2. The molecule has 27 heavy (non-hydrogen) atoms. The van der Waals surface area contributed by atoms with Crippen LogP contribution in [0.4, 0.5) is 0 Å². The summed E-state index contributed by atoms with van der Waals surface area (Å²) in [5.74, 6) is 0.840. The fourth-order valence-corrected chi connectivity index (χ4v) is 3.46. The van der Waals surface area contributed by atoms with Crippen molar-refractivity contribution >= 4 is 17.6 Å². The van der Waals surface area contributed by atoms with Crippen LogP contribution in [-0.4, -0.2) is 41.2 Å². The van der Waals surface area contributed by atoms with Crippen molar-refractivity contribution in [1.82, 2.24) is 10.2 Å². The molecule has 3 rings (SSSR count). The van der Waals surface area contributed by atoms with Gasteiger partial charge in [-0.05, 0) is 56.5 Å². The van der Waals surface area contributed by atoms with Gasteiger partial charge < -0.3 is 15.0 Å². The van der Waals surface area contributed by atoms with Crippen LogP contribution in [0.3, 0.4) is 0 Å². The Morgan fingerprint density at radius 3 is 2.89 bits per heavy atom. The molecule has 1 aromatic carbocycles. The van der Waals surface area contributed by atoms with Crippen LogP contribution in [-0.2, 0) is 16.0 Å². The van der Waals surface area contributed by atoms with Crippen molar-refractivity contribution < 1.29 is 14.3 Å². The summed E-state index contributed by atoms with van der Waals surface area (Å²) in [6.07, 6.45) is 6.24. The lowest BCUT2D eigenvalue weighted by atomic mass is 9.90. The number of hydrogen-bond donors (Lipinski definition) is 1. The van der Waals surface area contributed by atoms with Crippen LogP contribution in [0.1, 0.15) is 32.8 Å². The number of allylic oxidation sites excluding steroid dienone is 2. The van der Waals surface area contributed by atoms with E-state index >= 15 is 0 Å². The van der Waals surface area contributed by atoms with E-state index in [1.807, 2.05) is 56.5 Å². The maximum atomic E-state index is 13.1. The maximum absolute atomic E-state index is 13.1. The second kappa shape index (κ2) is 7.39. The molecule has 2 atom stereocenters. The Bertz CT molecular complexity index is 856. The van der Waals surface area contributed by atoms with Crippen LogP contribution in [0.5, 0.6) is 5.75 Å². The normalized spacial score (nSPS) is 22.5. The van der Waals surface area contributed by atoms with Gasteiger partial charge in [-0.1, -0.05) is 18.2 Å². The van der Waals surface area contributed by atoms with E-state index in [0.29, 0.717) is 12.3 Å². The Hall–Kier alpha value is -2.89. The summed E-state index contributed by atoms with van der Waals surface area (Å²) in [5, 5.41) is 3.06. The molecule has 2 aliphatic rings. The topological polar surface area (TPSA) is 71.0 Å². The second-order valence-electron chi connectivity index (χ2n) is 7.28. The summed E-state index contributed by atoms with van der Waals surface area (Å²) < 4.78 is 5.39. The molecule has 1 aromatic rings. The first kappa shape index (κ1) is 18.9. The third-order valence-electron chi connectivity index (χ3n) is 4.94. The highest BCUT2D eigenvalue weighted by Gasteiger charge is 2.45. The SMILES string of the molecule is COc1ccccc1CC(C)NC(=O)C1(C)CC(=O)N=C2C=C(C)C=CN21. The lowest BCUT2D eigenvalue weighted by Gasteiger charge is -2.42. The fourth-order valence-electron chi connectivity index (χ4n) is 3.46. The first-order chi connectivity index (χ1) is 12.8. The summed E-state index contributed by atoms with van der Waals surface area (Å²) in [5.41, 5.74) is 1.01. The van der Waals surface area contributed by atoms with Gasteiger partial charge in [0.1, 0.15) is 17.1 Å². The van der Waals surface area contributed by atoms with Crippen LogP contribution in [0, 0.1) is 0 Å². The minimum absolute atomic E-state index is 0.0426. The van der Waals surface area contributed by atoms with Crippen LogP contribution in [0.15, 0.2) is 53.2 Å². The third kappa shape index (κ3) is 3.79. The van der Waals surface area contributed by atoms with E-state index in [9.17, 15) is 9.59 Å². The van der Waals surface area contributed by atoms with Gasteiger partial charge in [-0.15, -0.1) is 0 Å². The number of methoxy groups -OCH3 is 1. The number of amidine groups is 1. The van der Waals surface area contributed by atoms with Gasteiger partial charge in [0.25, 0.3) is 5.91 Å². The van der Waals surface area contributed by atoms with Gasteiger partial charge in [0.15, 0.2) is 0 Å². The highest BCUT2D eigenvalue weighted by Crippen LogP contribution is 2.29. The monoisotopic (exact) mass is 367 g/mol. The average molecular weight is 367 g/mol. The zero-order valence-electron chi connectivity index (χ0n) is 16.2. The Morgan fingerprint density at radius 2 is 2.15 bits per heavy atom. The molecule has 6 heteroatoms. The van der Waals surface area contributed by atoms with Gasteiger partial charge in [0, 0.05) is 12.2 Å². The Morgan fingerprint density at radius 1 is 1.41 bits per heavy atom. The Kier molecular flexibility index (Phi) is 5.17. The first-order valence-electron chi connectivity index (χ1n) is 9.03. The smallest absolute Gasteiger partial charge is 0.250 e. The van der Waals surface area contributed by atoms with E-state index in [1.165, 1.54) is 0 Å². The van der Waals surface area contributed by atoms with Gasteiger partial charge in [-0.3, -0.25) is 9.59 Å². The molecule has 0 saturated heterocycles. The van der Waals surface area contributed by atoms with Crippen molar-refractivity contribution in [2.75, 3.05) is 7.11 Å². The molecule has 0 aliphatic carbocycles. The predicted molar refractivity (Wildman–Crippen MR) is 105 cm³/mol. The van der Waals surface area contributed by atoms with Crippen LogP contribution in [0.2, 0.25) is 0 Å². The quantitative estimate of drug-likeness (QED) is 0.868.